The molecule has 0 spiro atoms. The minimum Gasteiger partial charge on any atom is -0.335 e. The third kappa shape index (κ3) is 3.20. The van der Waals surface area contributed by atoms with E-state index in [2.05, 4.69) is 9.71 Å². The van der Waals surface area contributed by atoms with Gasteiger partial charge in [-0.15, -0.1) is 0 Å². The second-order valence-electron chi connectivity index (χ2n) is 6.06. The van der Waals surface area contributed by atoms with E-state index in [1.54, 1.807) is 12.3 Å². The summed E-state index contributed by atoms with van der Waals surface area (Å²) in [6, 6.07) is 9.26. The number of nitrogens with zero attached hydrogens (tertiary/aromatic N) is 2. The molecule has 2 aromatic heterocycles. The van der Waals surface area contributed by atoms with E-state index in [0.717, 1.165) is 27.7 Å². The number of hydrogen-bond acceptors (Lipinski definition) is 3. The molecule has 126 valence electrons. The van der Waals surface area contributed by atoms with E-state index in [0.29, 0.717) is 17.9 Å². The molecule has 0 unspecified atom stereocenters. The van der Waals surface area contributed by atoms with Gasteiger partial charge in [0.1, 0.15) is 5.65 Å². The highest BCUT2D eigenvalue weighted by molar-refractivity contribution is 7.89. The number of benzene rings is 1. The van der Waals surface area contributed by atoms with Crippen molar-refractivity contribution >= 4 is 21.1 Å². The van der Waals surface area contributed by atoms with Crippen LogP contribution in [0.4, 0.5) is 0 Å². The monoisotopic (exact) mass is 343 g/mol. The van der Waals surface area contributed by atoms with Gasteiger partial charge in [-0.2, -0.15) is 0 Å². The molecule has 0 fully saturated rings. The number of aryl methyl sites for hydroxylation is 3. The van der Waals surface area contributed by atoms with Crippen LogP contribution in [0.1, 0.15) is 16.7 Å². The Balaban J connectivity index is 1.75. The Morgan fingerprint density at radius 2 is 2.00 bits per heavy atom. The van der Waals surface area contributed by atoms with E-state index in [9.17, 15) is 8.42 Å². The molecule has 24 heavy (non-hydrogen) atoms. The number of fused-ring (bicyclic) bond motifs is 1. The first-order chi connectivity index (χ1) is 11.4. The van der Waals surface area contributed by atoms with Crippen LogP contribution in [0.5, 0.6) is 0 Å². The lowest BCUT2D eigenvalue weighted by Crippen LogP contribution is -2.26. The highest BCUT2D eigenvalue weighted by Gasteiger charge is 2.16. The molecule has 5 nitrogen and oxygen atoms in total. The summed E-state index contributed by atoms with van der Waals surface area (Å²) < 4.78 is 29.7. The Morgan fingerprint density at radius 3 is 2.75 bits per heavy atom. The summed E-state index contributed by atoms with van der Waals surface area (Å²) in [7, 11) is -1.55. The van der Waals surface area contributed by atoms with Gasteiger partial charge in [0.25, 0.3) is 0 Å². The maximum atomic E-state index is 12.5. The Morgan fingerprint density at radius 1 is 1.21 bits per heavy atom. The molecule has 2 heterocycles. The molecule has 0 saturated heterocycles. The highest BCUT2D eigenvalue weighted by Crippen LogP contribution is 2.19. The fraction of sp³-hybridized carbons (Fsp3) is 0.278. The van der Waals surface area contributed by atoms with E-state index in [1.165, 1.54) is 0 Å². The molecule has 0 aliphatic carbocycles. The van der Waals surface area contributed by atoms with Crippen molar-refractivity contribution in [2.75, 3.05) is 6.54 Å². The number of hydrogen-bond donors (Lipinski definition) is 1. The molecule has 3 aromatic rings. The molecule has 1 aromatic carbocycles. The second kappa shape index (κ2) is 6.37. The molecule has 0 saturated carbocycles. The van der Waals surface area contributed by atoms with Gasteiger partial charge in [0.05, 0.1) is 4.90 Å². The fourth-order valence-corrected chi connectivity index (χ4v) is 4.25. The number of aromatic nitrogens is 2. The molecule has 0 aliphatic rings. The van der Waals surface area contributed by atoms with Crippen molar-refractivity contribution in [1.82, 2.24) is 14.3 Å². The van der Waals surface area contributed by atoms with Crippen molar-refractivity contribution in [2.24, 2.45) is 7.05 Å². The first-order valence-electron chi connectivity index (χ1n) is 7.84. The van der Waals surface area contributed by atoms with Crippen LogP contribution >= 0.6 is 0 Å². The molecule has 0 radical (unpaired) electrons. The molecule has 3 rings (SSSR count). The van der Waals surface area contributed by atoms with Crippen molar-refractivity contribution in [2.45, 2.75) is 25.2 Å². The topological polar surface area (TPSA) is 64.0 Å². The largest absolute Gasteiger partial charge is 0.335 e. The van der Waals surface area contributed by atoms with E-state index in [4.69, 9.17) is 0 Å². The minimum atomic E-state index is -3.50. The van der Waals surface area contributed by atoms with Crippen LogP contribution in [0.3, 0.4) is 0 Å². The third-order valence-electron chi connectivity index (χ3n) is 4.12. The predicted molar refractivity (Wildman–Crippen MR) is 95.5 cm³/mol. The second-order valence-corrected chi connectivity index (χ2v) is 7.79. The summed E-state index contributed by atoms with van der Waals surface area (Å²) in [6.07, 6.45) is 4.38. The van der Waals surface area contributed by atoms with E-state index in [-0.39, 0.29) is 0 Å². The summed E-state index contributed by atoms with van der Waals surface area (Å²) in [5.74, 6) is 0. The van der Waals surface area contributed by atoms with Gasteiger partial charge in [0, 0.05) is 31.4 Å². The molecule has 0 atom stereocenters. The van der Waals surface area contributed by atoms with Crippen molar-refractivity contribution < 1.29 is 8.42 Å². The molecule has 0 amide bonds. The lowest BCUT2D eigenvalue weighted by Gasteiger charge is -2.09. The fourth-order valence-electron chi connectivity index (χ4n) is 2.99. The Labute approximate surface area is 142 Å². The van der Waals surface area contributed by atoms with Gasteiger partial charge in [-0.05, 0) is 49.6 Å². The van der Waals surface area contributed by atoms with E-state index < -0.39 is 10.0 Å². The summed E-state index contributed by atoms with van der Waals surface area (Å²) in [5.41, 5.74) is 3.81. The molecular weight excluding hydrogens is 322 g/mol. The summed E-state index contributed by atoms with van der Waals surface area (Å²) in [4.78, 5) is 4.69. The normalized spacial score (nSPS) is 12.0. The van der Waals surface area contributed by atoms with Crippen molar-refractivity contribution in [1.29, 1.82) is 0 Å². The minimum absolute atomic E-state index is 0.340. The van der Waals surface area contributed by atoms with Gasteiger partial charge in [0.15, 0.2) is 0 Å². The van der Waals surface area contributed by atoms with Gasteiger partial charge >= 0.3 is 0 Å². The quantitative estimate of drug-likeness (QED) is 0.775. The van der Waals surface area contributed by atoms with Crippen LogP contribution < -0.4 is 4.72 Å². The molecule has 0 aliphatic heterocycles. The Hall–Kier alpha value is -2.18. The lowest BCUT2D eigenvalue weighted by atomic mass is 10.2. The summed E-state index contributed by atoms with van der Waals surface area (Å²) in [5, 5.41) is 1.06. The van der Waals surface area contributed by atoms with E-state index in [1.807, 2.05) is 55.9 Å². The van der Waals surface area contributed by atoms with Crippen LogP contribution in [0.25, 0.3) is 11.0 Å². The van der Waals surface area contributed by atoms with Crippen LogP contribution in [0.15, 0.2) is 47.6 Å². The summed E-state index contributed by atoms with van der Waals surface area (Å²) >= 11 is 0. The Bertz CT molecular complexity index is 991. The van der Waals surface area contributed by atoms with Crippen molar-refractivity contribution in [3.8, 4) is 0 Å². The number of rotatable bonds is 5. The first kappa shape index (κ1) is 16.7. The molecular formula is C18H21N3O2S. The van der Waals surface area contributed by atoms with Gasteiger partial charge in [-0.3, -0.25) is 0 Å². The van der Waals surface area contributed by atoms with Crippen molar-refractivity contribution in [3.05, 3.63) is 59.4 Å². The van der Waals surface area contributed by atoms with Crippen LogP contribution in [-0.4, -0.2) is 24.5 Å². The lowest BCUT2D eigenvalue weighted by molar-refractivity contribution is 0.581. The number of sulfonamides is 1. The third-order valence-corrected chi connectivity index (χ3v) is 5.74. The van der Waals surface area contributed by atoms with Crippen molar-refractivity contribution in [3.63, 3.8) is 0 Å². The van der Waals surface area contributed by atoms with Crippen LogP contribution in [0.2, 0.25) is 0 Å². The average Bonchev–Trinajstić information content (AvgIpc) is 2.84. The molecule has 1 N–H and O–H groups in total. The zero-order chi connectivity index (χ0) is 17.3. The zero-order valence-electron chi connectivity index (χ0n) is 14.1. The zero-order valence-corrected chi connectivity index (χ0v) is 14.9. The van der Waals surface area contributed by atoms with Gasteiger partial charge in [-0.1, -0.05) is 17.7 Å². The highest BCUT2D eigenvalue weighted by atomic mass is 32.2. The standard InChI is InChI=1S/C18H21N3O2S/c1-13-6-7-17(14(2)11-13)24(22,23)20-10-8-15-12-21(3)18-16(15)5-4-9-19-18/h4-7,9,11-12,20H,8,10H2,1-3H3. The number of pyridine rings is 1. The SMILES string of the molecule is Cc1ccc(S(=O)(=O)NCCc2cn(C)c3ncccc23)c(C)c1. The first-order valence-corrected chi connectivity index (χ1v) is 9.32. The average molecular weight is 343 g/mol. The number of nitrogens with one attached hydrogen (secondary N) is 1. The predicted octanol–water partition coefficient (Wildman–Crippen LogP) is 2.71. The van der Waals surface area contributed by atoms with Crippen LogP contribution in [0, 0.1) is 13.8 Å². The molecule has 6 heteroatoms. The van der Waals surface area contributed by atoms with E-state index >= 15 is 0 Å². The Kier molecular flexibility index (Phi) is 4.43. The summed E-state index contributed by atoms with van der Waals surface area (Å²) in [6.45, 7) is 4.12. The van der Waals surface area contributed by atoms with Gasteiger partial charge in [0.2, 0.25) is 10.0 Å². The smallest absolute Gasteiger partial charge is 0.240 e. The van der Waals surface area contributed by atoms with Gasteiger partial charge in [-0.25, -0.2) is 18.1 Å². The maximum absolute atomic E-state index is 12.5. The molecule has 0 bridgehead atoms. The maximum Gasteiger partial charge on any atom is 0.240 e. The van der Waals surface area contributed by atoms with Crippen LogP contribution in [-0.2, 0) is 23.5 Å². The van der Waals surface area contributed by atoms with Gasteiger partial charge < -0.3 is 4.57 Å².